The summed E-state index contributed by atoms with van der Waals surface area (Å²) >= 11 is 0. The summed E-state index contributed by atoms with van der Waals surface area (Å²) in [4.78, 5) is 12.2. The van der Waals surface area contributed by atoms with Crippen LogP contribution in [0.25, 0.3) is 0 Å². The molecule has 5 heteroatoms. The Morgan fingerprint density at radius 3 is 1.89 bits per heavy atom. The molecule has 0 aromatic heterocycles. The van der Waals surface area contributed by atoms with E-state index in [2.05, 4.69) is 43.5 Å². The Morgan fingerprint density at radius 2 is 1.26 bits per heavy atom. The van der Waals surface area contributed by atoms with E-state index in [0.29, 0.717) is 6.42 Å². The minimum absolute atomic E-state index is 0.00685. The highest BCUT2D eigenvalue weighted by atomic mass is 16.3. The third-order valence-corrected chi connectivity index (χ3v) is 6.15. The van der Waals surface area contributed by atoms with Crippen LogP contribution >= 0.6 is 0 Å². The average Bonchev–Trinajstić information content (AvgIpc) is 2.84. The first-order chi connectivity index (χ1) is 17.0. The SMILES string of the molecule is CCCC/C=C\CCCCCC(O)CC(=O)NC(CO)C(O)/C=C/CC/C=C/CCCCCCC. The van der Waals surface area contributed by atoms with E-state index in [4.69, 9.17) is 0 Å². The van der Waals surface area contributed by atoms with E-state index in [1.165, 1.54) is 44.9 Å². The molecule has 0 saturated carbocycles. The molecule has 0 bridgehead atoms. The van der Waals surface area contributed by atoms with Crippen molar-refractivity contribution in [3.63, 3.8) is 0 Å². The summed E-state index contributed by atoms with van der Waals surface area (Å²) in [6.07, 6.45) is 28.4. The van der Waals surface area contributed by atoms with Crippen molar-refractivity contribution in [2.45, 2.75) is 141 Å². The lowest BCUT2D eigenvalue weighted by atomic mass is 10.1. The van der Waals surface area contributed by atoms with Crippen LogP contribution in [0.15, 0.2) is 36.5 Å². The number of aliphatic hydroxyl groups is 3. The standard InChI is InChI=1S/C30H55NO4/c1-3-5-7-9-11-13-14-16-18-20-22-24-29(34)28(26-32)31-30(35)25-27(33)23-21-19-17-15-12-10-8-6-4-2/h10,12,14,16,22,24,27-29,32-34H,3-9,11,13,15,17-21,23,25-26H2,1-2H3,(H,31,35)/b12-10-,16-14+,24-22+. The maximum absolute atomic E-state index is 12.2. The molecule has 204 valence electrons. The molecule has 35 heavy (non-hydrogen) atoms. The van der Waals surface area contributed by atoms with Gasteiger partial charge in [0, 0.05) is 0 Å². The molecule has 3 atom stereocenters. The number of nitrogens with one attached hydrogen (secondary N) is 1. The fraction of sp³-hybridized carbons (Fsp3) is 0.767. The van der Waals surface area contributed by atoms with Gasteiger partial charge < -0.3 is 20.6 Å². The zero-order valence-electron chi connectivity index (χ0n) is 22.7. The van der Waals surface area contributed by atoms with Gasteiger partial charge in [-0.2, -0.15) is 0 Å². The number of rotatable bonds is 24. The third kappa shape index (κ3) is 22.8. The second-order valence-electron chi connectivity index (χ2n) is 9.64. The molecule has 0 radical (unpaired) electrons. The summed E-state index contributed by atoms with van der Waals surface area (Å²) in [6, 6.07) is -0.760. The van der Waals surface area contributed by atoms with E-state index in [1.807, 2.05) is 6.08 Å². The molecule has 0 aliphatic rings. The van der Waals surface area contributed by atoms with E-state index >= 15 is 0 Å². The van der Waals surface area contributed by atoms with Crippen molar-refractivity contribution in [1.82, 2.24) is 5.32 Å². The number of hydrogen-bond donors (Lipinski definition) is 4. The van der Waals surface area contributed by atoms with Gasteiger partial charge in [-0.1, -0.05) is 102 Å². The number of carbonyl (C=O) groups excluding carboxylic acids is 1. The molecule has 0 aliphatic heterocycles. The van der Waals surface area contributed by atoms with Crippen LogP contribution in [0.1, 0.15) is 123 Å². The fourth-order valence-electron chi connectivity index (χ4n) is 3.86. The molecule has 0 aromatic carbocycles. The van der Waals surface area contributed by atoms with Crippen LogP contribution < -0.4 is 5.32 Å². The van der Waals surface area contributed by atoms with Gasteiger partial charge in [-0.25, -0.2) is 0 Å². The first-order valence-corrected chi connectivity index (χ1v) is 14.3. The van der Waals surface area contributed by atoms with Gasteiger partial charge in [0.25, 0.3) is 0 Å². The normalized spacial score (nSPS) is 14.8. The summed E-state index contributed by atoms with van der Waals surface area (Å²) in [6.45, 7) is 4.07. The van der Waals surface area contributed by atoms with Gasteiger partial charge in [-0.05, 0) is 51.4 Å². The smallest absolute Gasteiger partial charge is 0.222 e. The molecule has 0 saturated heterocycles. The topological polar surface area (TPSA) is 89.8 Å². The molecule has 0 spiro atoms. The van der Waals surface area contributed by atoms with Crippen LogP contribution in [0.3, 0.4) is 0 Å². The van der Waals surface area contributed by atoms with Crippen molar-refractivity contribution in [2.24, 2.45) is 0 Å². The van der Waals surface area contributed by atoms with Crippen LogP contribution in [-0.2, 0) is 4.79 Å². The second kappa shape index (κ2) is 25.7. The molecular formula is C30H55NO4. The zero-order chi connectivity index (χ0) is 26.0. The highest BCUT2D eigenvalue weighted by molar-refractivity contribution is 5.76. The number of amides is 1. The Hall–Kier alpha value is -1.43. The van der Waals surface area contributed by atoms with Gasteiger partial charge in [0.2, 0.25) is 5.91 Å². The van der Waals surface area contributed by atoms with E-state index < -0.39 is 18.2 Å². The number of allylic oxidation sites excluding steroid dienone is 5. The quantitative estimate of drug-likeness (QED) is 0.0909. The number of aliphatic hydroxyl groups excluding tert-OH is 3. The molecular weight excluding hydrogens is 438 g/mol. The minimum Gasteiger partial charge on any atom is -0.394 e. The summed E-state index contributed by atoms with van der Waals surface area (Å²) in [5.41, 5.74) is 0. The summed E-state index contributed by atoms with van der Waals surface area (Å²) in [7, 11) is 0. The minimum atomic E-state index is -0.950. The van der Waals surface area contributed by atoms with Crippen molar-refractivity contribution in [1.29, 1.82) is 0 Å². The van der Waals surface area contributed by atoms with Crippen molar-refractivity contribution >= 4 is 5.91 Å². The molecule has 0 rings (SSSR count). The highest BCUT2D eigenvalue weighted by Gasteiger charge is 2.19. The molecule has 1 amide bonds. The predicted molar refractivity (Wildman–Crippen MR) is 148 cm³/mol. The molecule has 0 fully saturated rings. The van der Waals surface area contributed by atoms with E-state index in [-0.39, 0.29) is 18.9 Å². The van der Waals surface area contributed by atoms with Gasteiger partial charge in [0.05, 0.1) is 31.3 Å². The van der Waals surface area contributed by atoms with Crippen LogP contribution in [0.5, 0.6) is 0 Å². The van der Waals surface area contributed by atoms with Gasteiger partial charge >= 0.3 is 0 Å². The lowest BCUT2D eigenvalue weighted by molar-refractivity contribution is -0.124. The Balaban J connectivity index is 3.95. The van der Waals surface area contributed by atoms with E-state index in [0.717, 1.165) is 51.4 Å². The van der Waals surface area contributed by atoms with Gasteiger partial charge in [-0.15, -0.1) is 0 Å². The molecule has 0 aliphatic carbocycles. The highest BCUT2D eigenvalue weighted by Crippen LogP contribution is 2.10. The Morgan fingerprint density at radius 1 is 0.714 bits per heavy atom. The van der Waals surface area contributed by atoms with Crippen LogP contribution in [0.2, 0.25) is 0 Å². The number of hydrogen-bond acceptors (Lipinski definition) is 4. The third-order valence-electron chi connectivity index (χ3n) is 6.15. The Kier molecular flexibility index (Phi) is 24.6. The predicted octanol–water partition coefficient (Wildman–Crippen LogP) is 6.53. The lowest BCUT2D eigenvalue weighted by Crippen LogP contribution is -2.45. The number of unbranched alkanes of at least 4 members (excludes halogenated alkanes) is 11. The Bertz CT molecular complexity index is 559. The molecule has 3 unspecified atom stereocenters. The largest absolute Gasteiger partial charge is 0.394 e. The monoisotopic (exact) mass is 493 g/mol. The summed E-state index contributed by atoms with van der Waals surface area (Å²) < 4.78 is 0. The fourth-order valence-corrected chi connectivity index (χ4v) is 3.86. The van der Waals surface area contributed by atoms with Crippen molar-refractivity contribution < 1.29 is 20.1 Å². The lowest BCUT2D eigenvalue weighted by Gasteiger charge is -2.20. The first kappa shape index (κ1) is 33.6. The van der Waals surface area contributed by atoms with Crippen molar-refractivity contribution in [2.75, 3.05) is 6.61 Å². The van der Waals surface area contributed by atoms with Crippen LogP contribution in [-0.4, -0.2) is 46.1 Å². The van der Waals surface area contributed by atoms with Gasteiger partial charge in [0.1, 0.15) is 0 Å². The van der Waals surface area contributed by atoms with Crippen molar-refractivity contribution in [3.05, 3.63) is 36.5 Å². The summed E-state index contributed by atoms with van der Waals surface area (Å²) in [5, 5.41) is 32.6. The maximum Gasteiger partial charge on any atom is 0.222 e. The maximum atomic E-state index is 12.2. The van der Waals surface area contributed by atoms with Crippen molar-refractivity contribution in [3.8, 4) is 0 Å². The second-order valence-corrected chi connectivity index (χ2v) is 9.64. The van der Waals surface area contributed by atoms with E-state index in [9.17, 15) is 20.1 Å². The van der Waals surface area contributed by atoms with Gasteiger partial charge in [-0.3, -0.25) is 4.79 Å². The zero-order valence-corrected chi connectivity index (χ0v) is 22.7. The molecule has 0 aromatic rings. The van der Waals surface area contributed by atoms with Gasteiger partial charge in [0.15, 0.2) is 0 Å². The Labute approximate surface area is 215 Å². The molecule has 5 nitrogen and oxygen atoms in total. The van der Waals surface area contributed by atoms with Crippen LogP contribution in [0.4, 0.5) is 0 Å². The van der Waals surface area contributed by atoms with Crippen LogP contribution in [0, 0.1) is 0 Å². The number of carbonyl (C=O) groups is 1. The molecule has 0 heterocycles. The first-order valence-electron chi connectivity index (χ1n) is 14.3. The average molecular weight is 494 g/mol. The van der Waals surface area contributed by atoms with E-state index in [1.54, 1.807) is 6.08 Å². The summed E-state index contributed by atoms with van der Waals surface area (Å²) in [5.74, 6) is -0.343. The molecule has 4 N–H and O–H groups in total.